The number of nitrogens with one attached hydrogen (secondary N) is 1. The van der Waals surface area contributed by atoms with Crippen LogP contribution in [0.1, 0.15) is 26.2 Å². The van der Waals surface area contributed by atoms with E-state index in [-0.39, 0.29) is 12.5 Å². The number of nitrogens with zero attached hydrogens (tertiary/aromatic N) is 4. The maximum absolute atomic E-state index is 12.1. The Balaban J connectivity index is 1.56. The maximum Gasteiger partial charge on any atom is 0.243 e. The van der Waals surface area contributed by atoms with Gasteiger partial charge in [0, 0.05) is 50.4 Å². The van der Waals surface area contributed by atoms with E-state index in [2.05, 4.69) is 52.4 Å². The fourth-order valence-electron chi connectivity index (χ4n) is 4.20. The second-order valence-corrected chi connectivity index (χ2v) is 9.55. The van der Waals surface area contributed by atoms with Crippen LogP contribution in [0.5, 0.6) is 0 Å². The second kappa shape index (κ2) is 11.6. The largest absolute Gasteiger partial charge is 0.355 e. The van der Waals surface area contributed by atoms with Gasteiger partial charge in [-0.15, -0.1) is 11.8 Å². The third-order valence-corrected chi connectivity index (χ3v) is 7.32. The standard InChI is InChI=1S/C23H37N5OS/c1-4-27-13-8-9-20(27)15-24-23(25-16-22(29)26(2)3)28-14-12-19(17-28)18-30-21-10-6-5-7-11-21/h5-7,10-11,19-20H,4,8-9,12-18H2,1-3H3,(H,24,25). The number of guanidine groups is 1. The summed E-state index contributed by atoms with van der Waals surface area (Å²) in [5.41, 5.74) is 0. The first kappa shape index (κ1) is 22.9. The van der Waals surface area contributed by atoms with E-state index in [1.807, 2.05) is 11.8 Å². The van der Waals surface area contributed by atoms with E-state index in [0.717, 1.165) is 37.9 Å². The number of carbonyl (C=O) groups excluding carboxylic acids is 1. The highest BCUT2D eigenvalue weighted by atomic mass is 32.2. The Morgan fingerprint density at radius 2 is 2.03 bits per heavy atom. The van der Waals surface area contributed by atoms with Crippen molar-refractivity contribution < 1.29 is 4.79 Å². The fraction of sp³-hybridized carbons (Fsp3) is 0.652. The molecule has 1 amide bonds. The molecule has 2 saturated heterocycles. The molecule has 2 unspecified atom stereocenters. The van der Waals surface area contributed by atoms with E-state index in [4.69, 9.17) is 4.99 Å². The lowest BCUT2D eigenvalue weighted by Gasteiger charge is -2.27. The number of hydrogen-bond acceptors (Lipinski definition) is 4. The van der Waals surface area contributed by atoms with E-state index in [0.29, 0.717) is 12.0 Å². The van der Waals surface area contributed by atoms with Crippen LogP contribution in [-0.2, 0) is 4.79 Å². The molecule has 166 valence electrons. The number of likely N-dealkylation sites (N-methyl/N-ethyl adjacent to an activating group) is 2. The Bertz CT molecular complexity index is 696. The van der Waals surface area contributed by atoms with Crippen LogP contribution >= 0.6 is 11.8 Å². The van der Waals surface area contributed by atoms with Crippen molar-refractivity contribution in [3.63, 3.8) is 0 Å². The van der Waals surface area contributed by atoms with Gasteiger partial charge in [0.2, 0.25) is 5.91 Å². The van der Waals surface area contributed by atoms with Crippen molar-refractivity contribution >= 4 is 23.6 Å². The molecule has 0 bridgehead atoms. The van der Waals surface area contributed by atoms with Crippen LogP contribution in [0.15, 0.2) is 40.2 Å². The van der Waals surface area contributed by atoms with Crippen molar-refractivity contribution in [3.8, 4) is 0 Å². The van der Waals surface area contributed by atoms with Gasteiger partial charge in [-0.05, 0) is 50.4 Å². The number of thioether (sulfide) groups is 1. The Labute approximate surface area is 186 Å². The summed E-state index contributed by atoms with van der Waals surface area (Å²) in [7, 11) is 3.57. The molecule has 0 aromatic heterocycles. The summed E-state index contributed by atoms with van der Waals surface area (Å²) < 4.78 is 0. The molecule has 2 aliphatic heterocycles. The van der Waals surface area contributed by atoms with Crippen LogP contribution in [0.4, 0.5) is 0 Å². The molecule has 7 heteroatoms. The molecule has 0 aliphatic carbocycles. The van der Waals surface area contributed by atoms with Gasteiger partial charge in [-0.3, -0.25) is 9.69 Å². The van der Waals surface area contributed by atoms with Crippen LogP contribution < -0.4 is 5.32 Å². The first-order valence-corrected chi connectivity index (χ1v) is 12.2. The van der Waals surface area contributed by atoms with Crippen molar-refractivity contribution in [1.29, 1.82) is 0 Å². The predicted molar refractivity (Wildman–Crippen MR) is 126 cm³/mol. The molecule has 0 radical (unpaired) electrons. The summed E-state index contributed by atoms with van der Waals surface area (Å²) >= 11 is 1.94. The Kier molecular flexibility index (Phi) is 8.88. The van der Waals surface area contributed by atoms with E-state index in [1.165, 1.54) is 30.7 Å². The van der Waals surface area contributed by atoms with Gasteiger partial charge in [0.05, 0.1) is 0 Å². The van der Waals surface area contributed by atoms with E-state index in [1.54, 1.807) is 19.0 Å². The number of benzene rings is 1. The highest BCUT2D eigenvalue weighted by Gasteiger charge is 2.27. The minimum atomic E-state index is 0.0423. The summed E-state index contributed by atoms with van der Waals surface area (Å²) in [6, 6.07) is 11.2. The zero-order chi connectivity index (χ0) is 21.3. The Morgan fingerprint density at radius 1 is 1.23 bits per heavy atom. The Morgan fingerprint density at radius 3 is 2.77 bits per heavy atom. The molecular weight excluding hydrogens is 394 g/mol. The lowest BCUT2D eigenvalue weighted by molar-refractivity contribution is -0.127. The molecule has 1 aromatic carbocycles. The lowest BCUT2D eigenvalue weighted by Crippen LogP contribution is -2.46. The lowest BCUT2D eigenvalue weighted by atomic mass is 10.2. The summed E-state index contributed by atoms with van der Waals surface area (Å²) in [6.07, 6.45) is 3.68. The maximum atomic E-state index is 12.1. The third kappa shape index (κ3) is 6.64. The Hall–Kier alpha value is -1.73. The molecule has 1 N–H and O–H groups in total. The van der Waals surface area contributed by atoms with Gasteiger partial charge in [-0.2, -0.15) is 0 Å². The third-order valence-electron chi connectivity index (χ3n) is 6.08. The van der Waals surface area contributed by atoms with E-state index >= 15 is 0 Å². The number of carbonyl (C=O) groups is 1. The molecule has 3 rings (SSSR count). The zero-order valence-electron chi connectivity index (χ0n) is 18.7. The summed E-state index contributed by atoms with van der Waals surface area (Å²) in [4.78, 5) is 24.6. The minimum Gasteiger partial charge on any atom is -0.355 e. The summed E-state index contributed by atoms with van der Waals surface area (Å²) in [6.45, 7) is 7.64. The molecule has 2 aliphatic rings. The number of rotatable bonds is 8. The first-order chi connectivity index (χ1) is 14.6. The van der Waals surface area contributed by atoms with E-state index < -0.39 is 0 Å². The van der Waals surface area contributed by atoms with E-state index in [9.17, 15) is 4.79 Å². The topological polar surface area (TPSA) is 51.2 Å². The van der Waals surface area contributed by atoms with Crippen LogP contribution in [0.3, 0.4) is 0 Å². The van der Waals surface area contributed by atoms with Gasteiger partial charge in [0.1, 0.15) is 6.54 Å². The summed E-state index contributed by atoms with van der Waals surface area (Å²) in [5, 5.41) is 3.61. The number of aliphatic imine (C=N–C) groups is 1. The van der Waals surface area contributed by atoms with Crippen LogP contribution in [0.2, 0.25) is 0 Å². The van der Waals surface area contributed by atoms with Crippen LogP contribution in [0.25, 0.3) is 0 Å². The summed E-state index contributed by atoms with van der Waals surface area (Å²) in [5.74, 6) is 2.71. The molecule has 30 heavy (non-hydrogen) atoms. The highest BCUT2D eigenvalue weighted by Crippen LogP contribution is 2.26. The average molecular weight is 432 g/mol. The van der Waals surface area contributed by atoms with Crippen molar-refractivity contribution in [3.05, 3.63) is 30.3 Å². The smallest absolute Gasteiger partial charge is 0.243 e. The highest BCUT2D eigenvalue weighted by molar-refractivity contribution is 7.99. The zero-order valence-corrected chi connectivity index (χ0v) is 19.5. The molecule has 0 saturated carbocycles. The van der Waals surface area contributed by atoms with Crippen molar-refractivity contribution in [2.45, 2.75) is 37.1 Å². The van der Waals surface area contributed by atoms with Gasteiger partial charge in [-0.25, -0.2) is 4.99 Å². The van der Waals surface area contributed by atoms with Gasteiger partial charge >= 0.3 is 0 Å². The number of hydrogen-bond donors (Lipinski definition) is 1. The number of amides is 1. The predicted octanol–water partition coefficient (Wildman–Crippen LogP) is 2.62. The molecule has 2 fully saturated rings. The van der Waals surface area contributed by atoms with Crippen LogP contribution in [0, 0.1) is 5.92 Å². The van der Waals surface area contributed by atoms with Crippen LogP contribution in [-0.4, -0.2) is 91.7 Å². The molecule has 0 spiro atoms. The van der Waals surface area contributed by atoms with Gasteiger partial charge in [0.15, 0.2) is 5.96 Å². The van der Waals surface area contributed by atoms with Gasteiger partial charge < -0.3 is 15.1 Å². The fourth-order valence-corrected chi connectivity index (χ4v) is 5.25. The molecule has 6 nitrogen and oxygen atoms in total. The normalized spacial score (nSPS) is 22.5. The monoisotopic (exact) mass is 431 g/mol. The van der Waals surface area contributed by atoms with Gasteiger partial charge in [0.25, 0.3) is 0 Å². The molecular formula is C23H37N5OS. The SMILES string of the molecule is CCN1CCCC1CNC(=NCC(=O)N(C)C)N1CCC(CSc2ccccc2)C1. The number of likely N-dealkylation sites (tertiary alicyclic amines) is 2. The quantitative estimate of drug-likeness (QED) is 0.390. The molecule has 2 heterocycles. The van der Waals surface area contributed by atoms with Gasteiger partial charge in [-0.1, -0.05) is 25.1 Å². The van der Waals surface area contributed by atoms with Crippen molar-refractivity contribution in [1.82, 2.24) is 20.0 Å². The van der Waals surface area contributed by atoms with Crippen molar-refractivity contribution in [2.75, 3.05) is 59.1 Å². The van der Waals surface area contributed by atoms with Crippen molar-refractivity contribution in [2.24, 2.45) is 10.9 Å². The second-order valence-electron chi connectivity index (χ2n) is 8.46. The first-order valence-electron chi connectivity index (χ1n) is 11.2. The average Bonchev–Trinajstić information content (AvgIpc) is 3.42. The molecule has 2 atom stereocenters. The molecule has 1 aromatic rings. The minimum absolute atomic E-state index is 0.0423.